The number of hydrogen-bond acceptors (Lipinski definition) is 3. The van der Waals surface area contributed by atoms with Crippen LogP contribution in [0.3, 0.4) is 0 Å². The second-order valence-electron chi connectivity index (χ2n) is 5.84. The Bertz CT molecular complexity index is 319. The highest BCUT2D eigenvalue weighted by Crippen LogP contribution is 2.28. The summed E-state index contributed by atoms with van der Waals surface area (Å²) >= 11 is 0. The average Bonchev–Trinajstić information content (AvgIpc) is 2.10. The molecule has 0 aromatic heterocycles. The molecule has 6 heteroatoms. The maximum atomic E-state index is 11.5. The van der Waals surface area contributed by atoms with Crippen molar-refractivity contribution in [1.29, 1.82) is 0 Å². The fourth-order valence-electron chi connectivity index (χ4n) is 1.94. The zero-order valence-electron chi connectivity index (χ0n) is 11.4. The summed E-state index contributed by atoms with van der Waals surface area (Å²) in [5.41, 5.74) is -0.489. The number of hydrogen-bond donors (Lipinski definition) is 2. The fraction of sp³-hybridized carbons (Fsp3) is 0.833. The molecule has 0 spiro atoms. The summed E-state index contributed by atoms with van der Waals surface area (Å²) in [6, 6.07) is 0.104. The molecule has 2 amide bonds. The fourth-order valence-corrected chi connectivity index (χ4v) is 1.94. The Labute approximate surface area is 107 Å². The second-order valence-corrected chi connectivity index (χ2v) is 5.84. The van der Waals surface area contributed by atoms with E-state index in [1.807, 2.05) is 20.8 Å². The SMILES string of the molecule is CN(C[C@H]1C[C@H](NC(=O)OC(C)(C)C)C1)C(=O)O. The molecule has 18 heavy (non-hydrogen) atoms. The molecule has 0 radical (unpaired) electrons. The van der Waals surface area contributed by atoms with Gasteiger partial charge in [0.15, 0.2) is 0 Å². The third-order valence-corrected chi connectivity index (χ3v) is 2.82. The van der Waals surface area contributed by atoms with Crippen molar-refractivity contribution in [1.82, 2.24) is 10.2 Å². The smallest absolute Gasteiger partial charge is 0.407 e. The van der Waals surface area contributed by atoms with Crippen molar-refractivity contribution in [2.45, 2.75) is 45.3 Å². The molecule has 0 aliphatic heterocycles. The van der Waals surface area contributed by atoms with Gasteiger partial charge in [-0.1, -0.05) is 0 Å². The zero-order valence-corrected chi connectivity index (χ0v) is 11.4. The van der Waals surface area contributed by atoms with Gasteiger partial charge in [-0.15, -0.1) is 0 Å². The minimum absolute atomic E-state index is 0.104. The van der Waals surface area contributed by atoms with E-state index in [9.17, 15) is 9.59 Å². The quantitative estimate of drug-likeness (QED) is 0.810. The molecule has 1 aliphatic carbocycles. The van der Waals surface area contributed by atoms with Gasteiger partial charge >= 0.3 is 12.2 Å². The molecule has 2 N–H and O–H groups in total. The van der Waals surface area contributed by atoms with E-state index < -0.39 is 17.8 Å². The van der Waals surface area contributed by atoms with Crippen molar-refractivity contribution in [2.75, 3.05) is 13.6 Å². The maximum Gasteiger partial charge on any atom is 0.407 e. The van der Waals surface area contributed by atoms with E-state index in [2.05, 4.69) is 5.32 Å². The lowest BCUT2D eigenvalue weighted by Gasteiger charge is -2.37. The van der Waals surface area contributed by atoms with Crippen LogP contribution < -0.4 is 5.32 Å². The summed E-state index contributed by atoms with van der Waals surface area (Å²) in [6.45, 7) is 5.97. The molecular formula is C12H22N2O4. The number of nitrogens with one attached hydrogen (secondary N) is 1. The Morgan fingerprint density at radius 3 is 2.39 bits per heavy atom. The van der Waals surface area contributed by atoms with Crippen molar-refractivity contribution in [3.8, 4) is 0 Å². The summed E-state index contributed by atoms with van der Waals surface area (Å²) in [4.78, 5) is 23.4. The Kier molecular flexibility index (Phi) is 4.43. The lowest BCUT2D eigenvalue weighted by atomic mass is 9.80. The average molecular weight is 258 g/mol. The summed E-state index contributed by atoms with van der Waals surface area (Å²) in [5.74, 6) is 0.325. The number of amides is 2. The normalized spacial score (nSPS) is 22.9. The van der Waals surface area contributed by atoms with E-state index in [1.165, 1.54) is 4.90 Å². The monoisotopic (exact) mass is 258 g/mol. The summed E-state index contributed by atoms with van der Waals surface area (Å²) in [6.07, 6.45) is 0.282. The van der Waals surface area contributed by atoms with Gasteiger partial charge in [-0.3, -0.25) is 0 Å². The molecule has 0 bridgehead atoms. The highest BCUT2D eigenvalue weighted by molar-refractivity contribution is 5.68. The summed E-state index contributed by atoms with van der Waals surface area (Å²) in [5, 5.41) is 11.5. The molecule has 1 aliphatic rings. The molecule has 1 rings (SSSR count). The maximum absolute atomic E-state index is 11.5. The van der Waals surface area contributed by atoms with E-state index in [0.717, 1.165) is 12.8 Å². The number of ether oxygens (including phenoxy) is 1. The van der Waals surface area contributed by atoms with Crippen LogP contribution in [-0.2, 0) is 4.74 Å². The highest BCUT2D eigenvalue weighted by Gasteiger charge is 2.32. The number of carbonyl (C=O) groups is 2. The van der Waals surface area contributed by atoms with Crippen LogP contribution in [-0.4, -0.2) is 47.4 Å². The topological polar surface area (TPSA) is 78.9 Å². The predicted molar refractivity (Wildman–Crippen MR) is 66.5 cm³/mol. The lowest BCUT2D eigenvalue weighted by Crippen LogP contribution is -2.49. The van der Waals surface area contributed by atoms with Gasteiger partial charge in [0.1, 0.15) is 5.60 Å². The van der Waals surface area contributed by atoms with Crippen LogP contribution in [0.4, 0.5) is 9.59 Å². The van der Waals surface area contributed by atoms with Crippen LogP contribution in [0, 0.1) is 5.92 Å². The molecule has 0 aromatic carbocycles. The van der Waals surface area contributed by atoms with E-state index in [-0.39, 0.29) is 6.04 Å². The Balaban J connectivity index is 2.19. The Morgan fingerprint density at radius 1 is 1.39 bits per heavy atom. The van der Waals surface area contributed by atoms with Crippen LogP contribution in [0.25, 0.3) is 0 Å². The number of rotatable bonds is 3. The Hall–Kier alpha value is -1.46. The van der Waals surface area contributed by atoms with Gasteiger partial charge in [0.25, 0.3) is 0 Å². The number of carbonyl (C=O) groups excluding carboxylic acids is 1. The van der Waals surface area contributed by atoms with Crippen molar-refractivity contribution in [3.05, 3.63) is 0 Å². The first kappa shape index (κ1) is 14.6. The van der Waals surface area contributed by atoms with E-state index in [1.54, 1.807) is 7.05 Å². The summed E-state index contributed by atoms with van der Waals surface area (Å²) < 4.78 is 5.14. The number of alkyl carbamates (subject to hydrolysis) is 1. The third-order valence-electron chi connectivity index (χ3n) is 2.82. The minimum Gasteiger partial charge on any atom is -0.465 e. The van der Waals surface area contributed by atoms with Gasteiger partial charge < -0.3 is 20.1 Å². The van der Waals surface area contributed by atoms with E-state index in [4.69, 9.17) is 9.84 Å². The van der Waals surface area contributed by atoms with Crippen LogP contribution in [0.5, 0.6) is 0 Å². The van der Waals surface area contributed by atoms with E-state index in [0.29, 0.717) is 12.5 Å². The summed E-state index contributed by atoms with van der Waals surface area (Å²) in [7, 11) is 1.55. The van der Waals surface area contributed by atoms with Crippen molar-refractivity contribution >= 4 is 12.2 Å². The van der Waals surface area contributed by atoms with Crippen LogP contribution in [0.2, 0.25) is 0 Å². The molecule has 104 valence electrons. The first-order chi connectivity index (χ1) is 8.17. The second kappa shape index (κ2) is 5.46. The molecule has 6 nitrogen and oxygen atoms in total. The van der Waals surface area contributed by atoms with Crippen LogP contribution in [0.1, 0.15) is 33.6 Å². The largest absolute Gasteiger partial charge is 0.465 e. The molecule has 0 saturated heterocycles. The first-order valence-corrected chi connectivity index (χ1v) is 6.11. The molecule has 1 fully saturated rings. The van der Waals surface area contributed by atoms with Crippen molar-refractivity contribution in [2.24, 2.45) is 5.92 Å². The predicted octanol–water partition coefficient (Wildman–Crippen LogP) is 1.90. The molecule has 0 aromatic rings. The number of carboxylic acid groups (broad SMARTS) is 1. The van der Waals surface area contributed by atoms with Gasteiger partial charge in [0.05, 0.1) is 0 Å². The van der Waals surface area contributed by atoms with Crippen molar-refractivity contribution < 1.29 is 19.4 Å². The van der Waals surface area contributed by atoms with Gasteiger partial charge in [0.2, 0.25) is 0 Å². The minimum atomic E-state index is -0.918. The highest BCUT2D eigenvalue weighted by atomic mass is 16.6. The van der Waals surface area contributed by atoms with Crippen molar-refractivity contribution in [3.63, 3.8) is 0 Å². The van der Waals surface area contributed by atoms with Gasteiger partial charge in [-0.2, -0.15) is 0 Å². The molecule has 1 saturated carbocycles. The van der Waals surface area contributed by atoms with Crippen LogP contribution in [0.15, 0.2) is 0 Å². The lowest BCUT2D eigenvalue weighted by molar-refractivity contribution is 0.0437. The molecule has 0 atom stereocenters. The van der Waals surface area contributed by atoms with Gasteiger partial charge in [0, 0.05) is 19.6 Å². The standard InChI is InChI=1S/C12H22N2O4/c1-12(2,3)18-10(15)13-9-5-8(6-9)7-14(4)11(16)17/h8-9H,5-7H2,1-4H3,(H,13,15)(H,16,17)/t8-,9-. The molecular weight excluding hydrogens is 236 g/mol. The van der Waals surface area contributed by atoms with Crippen LogP contribution >= 0.6 is 0 Å². The zero-order chi connectivity index (χ0) is 13.9. The molecule has 0 heterocycles. The van der Waals surface area contributed by atoms with Gasteiger partial charge in [-0.25, -0.2) is 9.59 Å². The first-order valence-electron chi connectivity index (χ1n) is 6.11. The van der Waals surface area contributed by atoms with E-state index >= 15 is 0 Å². The third kappa shape index (κ3) is 4.81. The van der Waals surface area contributed by atoms with Gasteiger partial charge in [-0.05, 0) is 39.5 Å². The Morgan fingerprint density at radius 2 is 1.94 bits per heavy atom. The molecule has 0 unspecified atom stereocenters. The number of nitrogens with zero attached hydrogens (tertiary/aromatic N) is 1.